The predicted octanol–water partition coefficient (Wildman–Crippen LogP) is 2.01. The molecule has 0 aromatic carbocycles. The Balaban J connectivity index is 1.88. The zero-order valence-electron chi connectivity index (χ0n) is 14.1. The van der Waals surface area contributed by atoms with Crippen molar-refractivity contribution in [3.8, 4) is 6.07 Å². The van der Waals surface area contributed by atoms with Gasteiger partial charge in [-0.05, 0) is 40.2 Å². The highest BCUT2D eigenvalue weighted by atomic mass is 16.5. The zero-order chi connectivity index (χ0) is 17.0. The van der Waals surface area contributed by atoms with Crippen molar-refractivity contribution in [1.29, 1.82) is 5.26 Å². The average Bonchev–Trinajstić information content (AvgIpc) is 2.91. The summed E-state index contributed by atoms with van der Waals surface area (Å²) < 4.78 is 5.28. The van der Waals surface area contributed by atoms with Gasteiger partial charge in [0.25, 0.3) is 0 Å². The highest BCUT2D eigenvalue weighted by Gasteiger charge is 2.26. The molecular weight excluding hydrogens is 294 g/mol. The first-order chi connectivity index (χ1) is 10.8. The minimum absolute atomic E-state index is 0.246. The number of nitrogens with one attached hydrogen (secondary N) is 1. The maximum atomic E-state index is 11.7. The number of hydrogen-bond acceptors (Lipinski definition) is 6. The summed E-state index contributed by atoms with van der Waals surface area (Å²) in [5, 5.41) is 11.8. The van der Waals surface area contributed by atoms with Crippen LogP contribution in [0.4, 0.5) is 10.7 Å². The lowest BCUT2D eigenvalue weighted by atomic mass is 10.1. The summed E-state index contributed by atoms with van der Waals surface area (Å²) in [6.07, 6.45) is 0.511. The standard InChI is InChI=1S/C16H23N5O2/c1-11-7-13(8-17)19-14(18-11)21-6-5-12(9-21)10-23-15(22)20-16(2,3)4/h7,12H,5-6,9-10H2,1-4H3,(H,20,22)/t12-/m1/s1. The van der Waals surface area contributed by atoms with Crippen LogP contribution in [0.25, 0.3) is 0 Å². The Bertz CT molecular complexity index is 618. The molecule has 0 aliphatic carbocycles. The molecule has 0 radical (unpaired) electrons. The zero-order valence-corrected chi connectivity index (χ0v) is 14.1. The molecule has 0 unspecified atom stereocenters. The molecule has 2 heterocycles. The van der Waals surface area contributed by atoms with Gasteiger partial charge in [-0.2, -0.15) is 5.26 Å². The summed E-state index contributed by atoms with van der Waals surface area (Å²) in [4.78, 5) is 22.4. The van der Waals surface area contributed by atoms with Crippen molar-refractivity contribution in [2.75, 3.05) is 24.6 Å². The average molecular weight is 317 g/mol. The van der Waals surface area contributed by atoms with Crippen LogP contribution in [0.3, 0.4) is 0 Å². The van der Waals surface area contributed by atoms with Crippen molar-refractivity contribution in [1.82, 2.24) is 15.3 Å². The lowest BCUT2D eigenvalue weighted by Crippen LogP contribution is -2.41. The van der Waals surface area contributed by atoms with Crippen molar-refractivity contribution in [2.45, 2.75) is 39.7 Å². The van der Waals surface area contributed by atoms with E-state index in [0.29, 0.717) is 18.2 Å². The van der Waals surface area contributed by atoms with Crippen LogP contribution in [0.2, 0.25) is 0 Å². The number of amides is 1. The van der Waals surface area contributed by atoms with Gasteiger partial charge in [-0.1, -0.05) is 0 Å². The number of alkyl carbamates (subject to hydrolysis) is 1. The maximum Gasteiger partial charge on any atom is 0.407 e. The number of nitriles is 1. The number of hydrogen-bond donors (Lipinski definition) is 1. The van der Waals surface area contributed by atoms with Crippen LogP contribution in [0.5, 0.6) is 0 Å². The first-order valence-electron chi connectivity index (χ1n) is 7.72. The molecule has 0 saturated carbocycles. The number of aromatic nitrogens is 2. The fourth-order valence-corrected chi connectivity index (χ4v) is 2.44. The molecular formula is C16H23N5O2. The van der Waals surface area contributed by atoms with Crippen LogP contribution in [0.15, 0.2) is 6.07 Å². The van der Waals surface area contributed by atoms with Gasteiger partial charge in [-0.3, -0.25) is 0 Å². The molecule has 1 aromatic heterocycles. The van der Waals surface area contributed by atoms with Gasteiger partial charge in [-0.15, -0.1) is 0 Å². The Morgan fingerprint density at radius 2 is 2.26 bits per heavy atom. The van der Waals surface area contributed by atoms with E-state index >= 15 is 0 Å². The minimum Gasteiger partial charge on any atom is -0.449 e. The summed E-state index contributed by atoms with van der Waals surface area (Å²) >= 11 is 0. The van der Waals surface area contributed by atoms with Crippen LogP contribution >= 0.6 is 0 Å². The number of carbonyl (C=O) groups is 1. The van der Waals surface area contributed by atoms with Gasteiger partial charge in [0, 0.05) is 30.2 Å². The summed E-state index contributed by atoms with van der Waals surface area (Å²) in [5.41, 5.74) is 0.842. The molecule has 1 aliphatic rings. The van der Waals surface area contributed by atoms with E-state index in [-0.39, 0.29) is 11.5 Å². The first-order valence-corrected chi connectivity index (χ1v) is 7.72. The van der Waals surface area contributed by atoms with Crippen LogP contribution in [0, 0.1) is 24.2 Å². The molecule has 7 heteroatoms. The summed E-state index contributed by atoms with van der Waals surface area (Å²) in [6.45, 7) is 9.46. The van der Waals surface area contributed by atoms with E-state index in [2.05, 4.69) is 15.3 Å². The smallest absolute Gasteiger partial charge is 0.407 e. The van der Waals surface area contributed by atoms with Gasteiger partial charge in [0.05, 0.1) is 6.61 Å². The Morgan fingerprint density at radius 1 is 1.52 bits per heavy atom. The largest absolute Gasteiger partial charge is 0.449 e. The summed E-state index contributed by atoms with van der Waals surface area (Å²) in [7, 11) is 0. The number of rotatable bonds is 3. The molecule has 1 fully saturated rings. The van der Waals surface area contributed by atoms with Crippen LogP contribution in [0.1, 0.15) is 38.6 Å². The third kappa shape index (κ3) is 5.09. The maximum absolute atomic E-state index is 11.7. The molecule has 0 spiro atoms. The Kier molecular flexibility index (Phi) is 5.04. The second kappa shape index (κ2) is 6.82. The van der Waals surface area contributed by atoms with Crippen molar-refractivity contribution in [3.63, 3.8) is 0 Å². The SMILES string of the molecule is Cc1cc(C#N)nc(N2CC[C@@H](COC(=O)NC(C)(C)C)C2)n1. The number of nitrogens with zero attached hydrogens (tertiary/aromatic N) is 4. The van der Waals surface area contributed by atoms with E-state index in [1.54, 1.807) is 6.07 Å². The predicted molar refractivity (Wildman–Crippen MR) is 86.0 cm³/mol. The molecule has 1 saturated heterocycles. The molecule has 124 valence electrons. The van der Waals surface area contributed by atoms with Gasteiger partial charge in [0.15, 0.2) is 0 Å². The Hall–Kier alpha value is -2.36. The van der Waals surface area contributed by atoms with E-state index in [1.165, 1.54) is 0 Å². The fourth-order valence-electron chi connectivity index (χ4n) is 2.44. The second-order valence-corrected chi connectivity index (χ2v) is 6.88. The minimum atomic E-state index is -0.394. The molecule has 7 nitrogen and oxygen atoms in total. The van der Waals surface area contributed by atoms with Gasteiger partial charge >= 0.3 is 6.09 Å². The highest BCUT2D eigenvalue weighted by Crippen LogP contribution is 2.21. The summed E-state index contributed by atoms with van der Waals surface area (Å²) in [5.74, 6) is 0.818. The number of aryl methyl sites for hydroxylation is 1. The van der Waals surface area contributed by atoms with Crippen LogP contribution in [-0.4, -0.2) is 41.3 Å². The third-order valence-electron chi connectivity index (χ3n) is 3.45. The molecule has 23 heavy (non-hydrogen) atoms. The van der Waals surface area contributed by atoms with E-state index in [1.807, 2.05) is 38.7 Å². The quantitative estimate of drug-likeness (QED) is 0.917. The second-order valence-electron chi connectivity index (χ2n) is 6.88. The lowest BCUT2D eigenvalue weighted by molar-refractivity contribution is 0.123. The van der Waals surface area contributed by atoms with E-state index in [0.717, 1.165) is 25.2 Å². The third-order valence-corrected chi connectivity index (χ3v) is 3.45. The van der Waals surface area contributed by atoms with E-state index < -0.39 is 6.09 Å². The monoisotopic (exact) mass is 317 g/mol. The van der Waals surface area contributed by atoms with Gasteiger partial charge < -0.3 is 15.0 Å². The van der Waals surface area contributed by atoms with Crippen LogP contribution < -0.4 is 10.2 Å². The molecule has 1 amide bonds. The first kappa shape index (κ1) is 17.0. The van der Waals surface area contributed by atoms with E-state index in [9.17, 15) is 4.79 Å². The van der Waals surface area contributed by atoms with Gasteiger partial charge in [0.1, 0.15) is 11.8 Å². The fraction of sp³-hybridized carbons (Fsp3) is 0.625. The summed E-state index contributed by atoms with van der Waals surface area (Å²) in [6, 6.07) is 3.71. The number of carbonyl (C=O) groups excluding carboxylic acids is 1. The Labute approximate surface area is 136 Å². The number of ether oxygens (including phenoxy) is 1. The molecule has 1 aliphatic heterocycles. The van der Waals surface area contributed by atoms with Crippen molar-refractivity contribution < 1.29 is 9.53 Å². The number of anilines is 1. The lowest BCUT2D eigenvalue weighted by Gasteiger charge is -2.21. The van der Waals surface area contributed by atoms with Crippen molar-refractivity contribution >= 4 is 12.0 Å². The van der Waals surface area contributed by atoms with E-state index in [4.69, 9.17) is 10.00 Å². The normalized spacial score (nSPS) is 17.7. The highest BCUT2D eigenvalue weighted by molar-refractivity contribution is 5.68. The molecule has 1 atom stereocenters. The van der Waals surface area contributed by atoms with Crippen LogP contribution in [-0.2, 0) is 4.74 Å². The topological polar surface area (TPSA) is 91.1 Å². The molecule has 1 N–H and O–H groups in total. The molecule has 0 bridgehead atoms. The van der Waals surface area contributed by atoms with Gasteiger partial charge in [-0.25, -0.2) is 14.8 Å². The van der Waals surface area contributed by atoms with Gasteiger partial charge in [0.2, 0.25) is 5.95 Å². The molecule has 2 rings (SSSR count). The van der Waals surface area contributed by atoms with Crippen molar-refractivity contribution in [3.05, 3.63) is 17.5 Å². The van der Waals surface area contributed by atoms with Crippen molar-refractivity contribution in [2.24, 2.45) is 5.92 Å². The Morgan fingerprint density at radius 3 is 2.91 bits per heavy atom. The molecule has 1 aromatic rings.